The van der Waals surface area contributed by atoms with Crippen LogP contribution in [0, 0.1) is 12.9 Å². The molecule has 1 unspecified atom stereocenters. The van der Waals surface area contributed by atoms with Gasteiger partial charge in [-0.1, -0.05) is 24.3 Å². The molecule has 0 aliphatic carbocycles. The van der Waals surface area contributed by atoms with Gasteiger partial charge in [-0.2, -0.15) is 4.39 Å². The Labute approximate surface area is 116 Å². The van der Waals surface area contributed by atoms with Gasteiger partial charge in [0.1, 0.15) is 17.2 Å². The molecule has 0 aliphatic heterocycles. The number of fused-ring (bicyclic) bond motifs is 1. The van der Waals surface area contributed by atoms with Crippen LogP contribution < -0.4 is 5.32 Å². The Hall–Kier alpha value is -2.36. The number of furan rings is 1. The van der Waals surface area contributed by atoms with E-state index in [-0.39, 0.29) is 6.04 Å². The third kappa shape index (κ3) is 2.25. The monoisotopic (exact) mass is 270 g/mol. The number of aromatic nitrogens is 1. The maximum absolute atomic E-state index is 13.1. The van der Waals surface area contributed by atoms with Gasteiger partial charge in [-0.25, -0.2) is 4.98 Å². The van der Waals surface area contributed by atoms with E-state index < -0.39 is 5.95 Å². The minimum atomic E-state index is -0.497. The first-order valence-electron chi connectivity index (χ1n) is 6.52. The summed E-state index contributed by atoms with van der Waals surface area (Å²) in [7, 11) is 0. The number of aryl methyl sites for hydroxylation is 1. The van der Waals surface area contributed by atoms with Crippen LogP contribution in [0.25, 0.3) is 11.0 Å². The number of anilines is 1. The van der Waals surface area contributed by atoms with Crippen molar-refractivity contribution in [2.75, 3.05) is 5.32 Å². The number of hydrogen-bond donors (Lipinski definition) is 1. The first-order valence-corrected chi connectivity index (χ1v) is 6.52. The molecule has 0 saturated heterocycles. The summed E-state index contributed by atoms with van der Waals surface area (Å²) in [6, 6.07) is 12.5. The van der Waals surface area contributed by atoms with E-state index in [0.717, 1.165) is 22.3 Å². The van der Waals surface area contributed by atoms with Crippen LogP contribution in [-0.4, -0.2) is 4.98 Å². The third-order valence-corrected chi connectivity index (χ3v) is 3.35. The largest absolute Gasteiger partial charge is 0.459 e. The van der Waals surface area contributed by atoms with E-state index in [1.165, 1.54) is 6.07 Å². The Morgan fingerprint density at radius 1 is 1.15 bits per heavy atom. The highest BCUT2D eigenvalue weighted by atomic mass is 19.1. The second-order valence-corrected chi connectivity index (χ2v) is 4.80. The average molecular weight is 270 g/mol. The number of nitrogens with one attached hydrogen (secondary N) is 1. The molecule has 0 bridgehead atoms. The number of pyridine rings is 1. The van der Waals surface area contributed by atoms with Crippen molar-refractivity contribution in [3.63, 3.8) is 0 Å². The molecule has 0 radical (unpaired) electrons. The van der Waals surface area contributed by atoms with E-state index in [2.05, 4.69) is 10.3 Å². The third-order valence-electron chi connectivity index (χ3n) is 3.35. The van der Waals surface area contributed by atoms with Crippen LogP contribution in [-0.2, 0) is 0 Å². The first-order chi connectivity index (χ1) is 9.65. The lowest BCUT2D eigenvalue weighted by atomic mass is 10.1. The zero-order valence-corrected chi connectivity index (χ0v) is 11.4. The molecule has 0 saturated carbocycles. The quantitative estimate of drug-likeness (QED) is 0.714. The van der Waals surface area contributed by atoms with Crippen LogP contribution in [0.4, 0.5) is 10.2 Å². The van der Waals surface area contributed by atoms with Crippen molar-refractivity contribution in [2.45, 2.75) is 19.9 Å². The molecule has 3 aromatic rings. The van der Waals surface area contributed by atoms with Gasteiger partial charge in [0, 0.05) is 10.9 Å². The Balaban J connectivity index is 1.92. The molecule has 0 amide bonds. The van der Waals surface area contributed by atoms with Crippen LogP contribution >= 0.6 is 0 Å². The van der Waals surface area contributed by atoms with Gasteiger partial charge >= 0.3 is 0 Å². The summed E-state index contributed by atoms with van der Waals surface area (Å²) in [6.07, 6.45) is 0. The molecule has 1 N–H and O–H groups in total. The van der Waals surface area contributed by atoms with Crippen LogP contribution in [0.3, 0.4) is 0 Å². The maximum Gasteiger partial charge on any atom is 0.214 e. The van der Waals surface area contributed by atoms with E-state index in [4.69, 9.17) is 4.42 Å². The first kappa shape index (κ1) is 12.7. The fraction of sp³-hybridized carbons (Fsp3) is 0.188. The SMILES string of the molecule is Cc1c(C(C)Nc2cccc(F)n2)oc2ccccc12. The van der Waals surface area contributed by atoms with Crippen LogP contribution in [0.1, 0.15) is 24.3 Å². The van der Waals surface area contributed by atoms with Gasteiger partial charge in [0.25, 0.3) is 0 Å². The average Bonchev–Trinajstić information content (AvgIpc) is 2.77. The molecule has 102 valence electrons. The minimum Gasteiger partial charge on any atom is -0.459 e. The van der Waals surface area contributed by atoms with Gasteiger partial charge < -0.3 is 9.73 Å². The summed E-state index contributed by atoms with van der Waals surface area (Å²) in [5.41, 5.74) is 1.96. The summed E-state index contributed by atoms with van der Waals surface area (Å²) in [4.78, 5) is 3.80. The van der Waals surface area contributed by atoms with Gasteiger partial charge in [0.05, 0.1) is 6.04 Å². The van der Waals surface area contributed by atoms with Crippen molar-refractivity contribution >= 4 is 16.8 Å². The van der Waals surface area contributed by atoms with Crippen molar-refractivity contribution in [1.82, 2.24) is 4.98 Å². The second kappa shape index (κ2) is 4.96. The number of hydrogen-bond acceptors (Lipinski definition) is 3. The molecule has 20 heavy (non-hydrogen) atoms. The van der Waals surface area contributed by atoms with Crippen molar-refractivity contribution in [3.8, 4) is 0 Å². The standard InChI is InChI=1S/C16H15FN2O/c1-10-12-6-3-4-7-13(12)20-16(10)11(2)18-15-9-5-8-14(17)19-15/h3-9,11H,1-2H3,(H,18,19). The fourth-order valence-electron chi connectivity index (χ4n) is 2.38. The lowest BCUT2D eigenvalue weighted by Crippen LogP contribution is -2.08. The maximum atomic E-state index is 13.1. The number of rotatable bonds is 3. The molecule has 0 aliphatic rings. The normalized spacial score (nSPS) is 12.6. The van der Waals surface area contributed by atoms with Crippen molar-refractivity contribution in [3.05, 3.63) is 59.7 Å². The Kier molecular flexibility index (Phi) is 3.14. The topological polar surface area (TPSA) is 38.1 Å². The van der Waals surface area contributed by atoms with E-state index in [1.54, 1.807) is 12.1 Å². The fourth-order valence-corrected chi connectivity index (χ4v) is 2.38. The summed E-state index contributed by atoms with van der Waals surface area (Å²) in [6.45, 7) is 4.00. The number of benzene rings is 1. The smallest absolute Gasteiger partial charge is 0.214 e. The van der Waals surface area contributed by atoms with Crippen LogP contribution in [0.2, 0.25) is 0 Å². The lowest BCUT2D eigenvalue weighted by molar-refractivity contribution is 0.520. The van der Waals surface area contributed by atoms with E-state index in [1.807, 2.05) is 38.1 Å². The van der Waals surface area contributed by atoms with Crippen molar-refractivity contribution in [1.29, 1.82) is 0 Å². The summed E-state index contributed by atoms with van der Waals surface area (Å²) >= 11 is 0. The number of halogens is 1. The van der Waals surface area contributed by atoms with E-state index in [0.29, 0.717) is 5.82 Å². The number of para-hydroxylation sites is 1. The van der Waals surface area contributed by atoms with Gasteiger partial charge in [0.2, 0.25) is 5.95 Å². The minimum absolute atomic E-state index is 0.0864. The molecule has 3 rings (SSSR count). The Morgan fingerprint density at radius 2 is 1.95 bits per heavy atom. The van der Waals surface area contributed by atoms with E-state index >= 15 is 0 Å². The van der Waals surface area contributed by atoms with Crippen molar-refractivity contribution < 1.29 is 8.81 Å². The van der Waals surface area contributed by atoms with Crippen molar-refractivity contribution in [2.24, 2.45) is 0 Å². The van der Waals surface area contributed by atoms with Crippen LogP contribution in [0.15, 0.2) is 46.9 Å². The zero-order valence-electron chi connectivity index (χ0n) is 11.4. The van der Waals surface area contributed by atoms with E-state index in [9.17, 15) is 4.39 Å². The Bertz CT molecular complexity index is 751. The van der Waals surface area contributed by atoms with Gasteiger partial charge in [-0.05, 0) is 32.0 Å². The molecular weight excluding hydrogens is 255 g/mol. The van der Waals surface area contributed by atoms with Gasteiger partial charge in [-0.3, -0.25) is 0 Å². The predicted molar refractivity (Wildman–Crippen MR) is 77.2 cm³/mol. The highest BCUT2D eigenvalue weighted by Gasteiger charge is 2.16. The van der Waals surface area contributed by atoms with Crippen LogP contribution in [0.5, 0.6) is 0 Å². The molecule has 3 nitrogen and oxygen atoms in total. The highest BCUT2D eigenvalue weighted by Crippen LogP contribution is 2.30. The summed E-state index contributed by atoms with van der Waals surface area (Å²) in [5.74, 6) is 0.846. The summed E-state index contributed by atoms with van der Waals surface area (Å²) < 4.78 is 19.0. The molecule has 0 fully saturated rings. The second-order valence-electron chi connectivity index (χ2n) is 4.80. The molecule has 2 aromatic heterocycles. The van der Waals surface area contributed by atoms with Gasteiger partial charge in [0.15, 0.2) is 0 Å². The molecular formula is C16H15FN2O. The molecule has 1 atom stereocenters. The molecule has 0 spiro atoms. The number of nitrogens with zero attached hydrogens (tertiary/aromatic N) is 1. The summed E-state index contributed by atoms with van der Waals surface area (Å²) in [5, 5.41) is 4.26. The predicted octanol–water partition coefficient (Wildman–Crippen LogP) is 4.45. The lowest BCUT2D eigenvalue weighted by Gasteiger charge is -2.13. The highest BCUT2D eigenvalue weighted by molar-refractivity contribution is 5.82. The Morgan fingerprint density at radius 3 is 2.70 bits per heavy atom. The zero-order chi connectivity index (χ0) is 14.1. The molecule has 4 heteroatoms. The van der Waals surface area contributed by atoms with Gasteiger partial charge in [-0.15, -0.1) is 0 Å². The molecule has 1 aromatic carbocycles. The molecule has 2 heterocycles.